The van der Waals surface area contributed by atoms with Gasteiger partial charge in [-0.25, -0.2) is 4.39 Å². The Balaban J connectivity index is 2.19. The van der Waals surface area contributed by atoms with E-state index in [4.69, 9.17) is 5.21 Å². The minimum Gasteiger partial charge on any atom is -0.409 e. The summed E-state index contributed by atoms with van der Waals surface area (Å²) in [5.41, 5.74) is 1.40. The highest BCUT2D eigenvalue weighted by molar-refractivity contribution is 6.07. The van der Waals surface area contributed by atoms with E-state index in [0.29, 0.717) is 11.5 Å². The summed E-state index contributed by atoms with van der Waals surface area (Å²) in [5.74, 6) is 0.00922. The minimum absolute atomic E-state index is 0.308. The average molecular weight is 230 g/mol. The fraction of sp³-hybridized carbons (Fsp3) is 0. The summed E-state index contributed by atoms with van der Waals surface area (Å²) in [6.45, 7) is 0. The smallest absolute Gasteiger partial charge is 0.177 e. The molecule has 2 N–H and O–H groups in total. The summed E-state index contributed by atoms with van der Waals surface area (Å²) in [5, 5.41) is 15.0. The molecule has 0 aliphatic rings. The number of rotatable bonds is 2. The van der Waals surface area contributed by atoms with E-state index in [-0.39, 0.29) is 5.82 Å². The highest BCUT2D eigenvalue weighted by Gasteiger charge is 2.03. The van der Waals surface area contributed by atoms with Crippen molar-refractivity contribution in [2.45, 2.75) is 0 Å². The number of hydrogen-bond donors (Lipinski definition) is 2. The summed E-state index contributed by atoms with van der Waals surface area (Å²) in [6, 6.07) is 15.0. The molecule has 4 heteroatoms. The topological polar surface area (TPSA) is 44.6 Å². The number of nitrogens with one attached hydrogen (secondary N) is 1. The normalized spacial score (nSPS) is 11.2. The first-order valence-electron chi connectivity index (χ1n) is 5.09. The quantitative estimate of drug-likeness (QED) is 0.360. The Morgan fingerprint density at radius 3 is 2.24 bits per heavy atom. The zero-order valence-corrected chi connectivity index (χ0v) is 8.97. The minimum atomic E-state index is -0.308. The number of anilines is 1. The Morgan fingerprint density at radius 2 is 1.65 bits per heavy atom. The predicted molar refractivity (Wildman–Crippen MR) is 64.8 cm³/mol. The summed E-state index contributed by atoms with van der Waals surface area (Å²) in [4.78, 5) is 0. The summed E-state index contributed by atoms with van der Waals surface area (Å²) in [7, 11) is 0. The number of benzene rings is 2. The van der Waals surface area contributed by atoms with E-state index in [1.54, 1.807) is 12.1 Å². The molecule has 0 aliphatic carbocycles. The molecule has 0 saturated heterocycles. The first-order valence-corrected chi connectivity index (χ1v) is 5.09. The molecule has 17 heavy (non-hydrogen) atoms. The van der Waals surface area contributed by atoms with Crippen molar-refractivity contribution < 1.29 is 9.60 Å². The summed E-state index contributed by atoms with van der Waals surface area (Å²) >= 11 is 0. The van der Waals surface area contributed by atoms with E-state index < -0.39 is 0 Å². The zero-order chi connectivity index (χ0) is 12.1. The van der Waals surface area contributed by atoms with Crippen molar-refractivity contribution in [3.63, 3.8) is 0 Å². The van der Waals surface area contributed by atoms with Crippen molar-refractivity contribution in [2.24, 2.45) is 5.16 Å². The monoisotopic (exact) mass is 230 g/mol. The fourth-order valence-corrected chi connectivity index (χ4v) is 1.42. The maximum absolute atomic E-state index is 12.7. The standard InChI is InChI=1S/C13H11FN2O/c14-11-6-8-12(9-7-11)15-13(16-17)10-4-2-1-3-5-10/h1-9,17H,(H,15,16). The van der Waals surface area contributed by atoms with Crippen molar-refractivity contribution in [3.05, 3.63) is 66.0 Å². The van der Waals surface area contributed by atoms with Crippen molar-refractivity contribution in [2.75, 3.05) is 5.32 Å². The Labute approximate surface area is 98.2 Å². The number of halogens is 1. The van der Waals surface area contributed by atoms with Crippen LogP contribution < -0.4 is 5.32 Å². The molecule has 2 aromatic carbocycles. The van der Waals surface area contributed by atoms with E-state index >= 15 is 0 Å². The zero-order valence-electron chi connectivity index (χ0n) is 8.97. The molecule has 0 unspecified atom stereocenters. The van der Waals surface area contributed by atoms with Gasteiger partial charge in [-0.3, -0.25) is 0 Å². The third-order valence-electron chi connectivity index (χ3n) is 2.25. The van der Waals surface area contributed by atoms with Gasteiger partial charge in [-0.2, -0.15) is 0 Å². The van der Waals surface area contributed by atoms with E-state index in [1.165, 1.54) is 12.1 Å². The summed E-state index contributed by atoms with van der Waals surface area (Å²) in [6.07, 6.45) is 0. The first-order chi connectivity index (χ1) is 8.29. The van der Waals surface area contributed by atoms with Crippen LogP contribution in [0.5, 0.6) is 0 Å². The lowest BCUT2D eigenvalue weighted by Crippen LogP contribution is -2.13. The van der Waals surface area contributed by atoms with Crippen LogP contribution in [0.1, 0.15) is 5.56 Å². The molecule has 0 heterocycles. The number of amidine groups is 1. The summed E-state index contributed by atoms with van der Waals surface area (Å²) < 4.78 is 12.7. The van der Waals surface area contributed by atoms with Crippen molar-refractivity contribution in [3.8, 4) is 0 Å². The van der Waals surface area contributed by atoms with Gasteiger partial charge in [0.15, 0.2) is 5.84 Å². The van der Waals surface area contributed by atoms with Gasteiger partial charge >= 0.3 is 0 Å². The molecule has 0 atom stereocenters. The Kier molecular flexibility index (Phi) is 3.35. The lowest BCUT2D eigenvalue weighted by atomic mass is 10.2. The van der Waals surface area contributed by atoms with Gasteiger partial charge in [0.2, 0.25) is 0 Å². The molecule has 0 spiro atoms. The van der Waals surface area contributed by atoms with Crippen LogP contribution in [0.4, 0.5) is 10.1 Å². The third-order valence-corrected chi connectivity index (χ3v) is 2.25. The van der Waals surface area contributed by atoms with Gasteiger partial charge in [-0.05, 0) is 24.3 Å². The molecule has 86 valence electrons. The van der Waals surface area contributed by atoms with E-state index in [2.05, 4.69) is 10.5 Å². The molecule has 2 aromatic rings. The third kappa shape index (κ3) is 2.81. The van der Waals surface area contributed by atoms with Gasteiger partial charge in [-0.15, -0.1) is 0 Å². The van der Waals surface area contributed by atoms with Crippen LogP contribution >= 0.6 is 0 Å². The molecule has 0 bridgehead atoms. The van der Waals surface area contributed by atoms with Crippen LogP contribution in [0.3, 0.4) is 0 Å². The highest BCUT2D eigenvalue weighted by Crippen LogP contribution is 2.10. The fourth-order valence-electron chi connectivity index (χ4n) is 1.42. The maximum atomic E-state index is 12.7. The lowest BCUT2D eigenvalue weighted by molar-refractivity contribution is 0.319. The van der Waals surface area contributed by atoms with Crippen LogP contribution in [-0.2, 0) is 0 Å². The van der Waals surface area contributed by atoms with Gasteiger partial charge in [0.05, 0.1) is 0 Å². The largest absolute Gasteiger partial charge is 0.409 e. The number of nitrogens with zero attached hydrogens (tertiary/aromatic N) is 1. The predicted octanol–water partition coefficient (Wildman–Crippen LogP) is 3.07. The van der Waals surface area contributed by atoms with Gasteiger partial charge in [0.25, 0.3) is 0 Å². The Hall–Kier alpha value is -2.36. The molecule has 2 rings (SSSR count). The Bertz CT molecular complexity index is 509. The molecular weight excluding hydrogens is 219 g/mol. The van der Waals surface area contributed by atoms with Gasteiger partial charge in [-0.1, -0.05) is 35.5 Å². The SMILES string of the molecule is ON=C(Nc1ccc(F)cc1)c1ccccc1. The van der Waals surface area contributed by atoms with Crippen molar-refractivity contribution in [1.82, 2.24) is 0 Å². The molecule has 0 saturated carbocycles. The number of hydrogen-bond acceptors (Lipinski definition) is 2. The average Bonchev–Trinajstić information content (AvgIpc) is 2.39. The van der Waals surface area contributed by atoms with Crippen LogP contribution in [0.2, 0.25) is 0 Å². The van der Waals surface area contributed by atoms with Crippen LogP contribution in [0.15, 0.2) is 59.8 Å². The molecular formula is C13H11FN2O. The Morgan fingerprint density at radius 1 is 1.00 bits per heavy atom. The van der Waals surface area contributed by atoms with Crippen LogP contribution in [0, 0.1) is 5.82 Å². The van der Waals surface area contributed by atoms with Gasteiger partial charge < -0.3 is 10.5 Å². The van der Waals surface area contributed by atoms with Crippen molar-refractivity contribution >= 4 is 11.5 Å². The molecule has 0 amide bonds. The molecule has 0 fully saturated rings. The van der Waals surface area contributed by atoms with Crippen LogP contribution in [0.25, 0.3) is 0 Å². The number of oxime groups is 1. The van der Waals surface area contributed by atoms with E-state index in [0.717, 1.165) is 5.56 Å². The highest BCUT2D eigenvalue weighted by atomic mass is 19.1. The second-order valence-electron chi connectivity index (χ2n) is 3.45. The van der Waals surface area contributed by atoms with Gasteiger partial charge in [0, 0.05) is 11.3 Å². The van der Waals surface area contributed by atoms with Crippen molar-refractivity contribution in [1.29, 1.82) is 0 Å². The van der Waals surface area contributed by atoms with Crippen LogP contribution in [-0.4, -0.2) is 11.0 Å². The van der Waals surface area contributed by atoms with E-state index in [9.17, 15) is 4.39 Å². The van der Waals surface area contributed by atoms with Gasteiger partial charge in [0.1, 0.15) is 5.82 Å². The first kappa shape index (κ1) is 11.1. The lowest BCUT2D eigenvalue weighted by Gasteiger charge is -2.07. The second kappa shape index (κ2) is 5.12. The maximum Gasteiger partial charge on any atom is 0.177 e. The molecule has 0 aliphatic heterocycles. The molecule has 0 radical (unpaired) electrons. The second-order valence-corrected chi connectivity index (χ2v) is 3.45. The molecule has 3 nitrogen and oxygen atoms in total. The molecule has 0 aromatic heterocycles. The van der Waals surface area contributed by atoms with E-state index in [1.807, 2.05) is 30.3 Å².